The van der Waals surface area contributed by atoms with E-state index >= 15 is 0 Å². The molecule has 0 saturated carbocycles. The minimum atomic E-state index is -3.30. The van der Waals surface area contributed by atoms with Crippen molar-refractivity contribution in [3.63, 3.8) is 0 Å². The Morgan fingerprint density at radius 1 is 1.30 bits per heavy atom. The Hall–Kier alpha value is -1.67. The third kappa shape index (κ3) is 4.00. The Kier molecular flexibility index (Phi) is 4.95. The number of nitrogens with one attached hydrogen (secondary N) is 2. The number of nitrogens with zero attached hydrogens (tertiary/aromatic N) is 1. The molecule has 128 valence electrons. The van der Waals surface area contributed by atoms with E-state index in [4.69, 9.17) is 0 Å². The predicted molar refractivity (Wildman–Crippen MR) is 87.2 cm³/mol. The van der Waals surface area contributed by atoms with Gasteiger partial charge in [-0.1, -0.05) is 0 Å². The normalized spacial score (nSPS) is 19.0. The number of H-pyrrole nitrogens is 1. The number of amides is 1. The molecule has 2 rings (SSSR count). The van der Waals surface area contributed by atoms with Crippen LogP contribution in [0.2, 0.25) is 0 Å². The minimum Gasteiger partial charge on any atom is -0.354 e. The fourth-order valence-corrected chi connectivity index (χ4v) is 4.01. The lowest BCUT2D eigenvalue weighted by molar-refractivity contribution is 0.0697. The van der Waals surface area contributed by atoms with Gasteiger partial charge in [0.1, 0.15) is 5.69 Å². The van der Waals surface area contributed by atoms with E-state index in [2.05, 4.69) is 9.71 Å². The van der Waals surface area contributed by atoms with Gasteiger partial charge in [0.2, 0.25) is 10.0 Å². The van der Waals surface area contributed by atoms with Crippen LogP contribution in [0.3, 0.4) is 0 Å². The zero-order valence-electron chi connectivity index (χ0n) is 13.9. The van der Waals surface area contributed by atoms with Crippen LogP contribution in [-0.4, -0.2) is 55.4 Å². The molecule has 1 saturated heterocycles. The second-order valence-corrected chi connectivity index (χ2v) is 7.94. The van der Waals surface area contributed by atoms with E-state index in [1.165, 1.54) is 6.92 Å². The van der Waals surface area contributed by atoms with Crippen LogP contribution in [0.1, 0.15) is 51.9 Å². The molecule has 1 aromatic rings. The molecule has 7 nitrogen and oxygen atoms in total. The van der Waals surface area contributed by atoms with Gasteiger partial charge in [0.15, 0.2) is 5.78 Å². The zero-order chi connectivity index (χ0) is 17.4. The number of hydrogen-bond donors (Lipinski definition) is 2. The van der Waals surface area contributed by atoms with Crippen molar-refractivity contribution in [2.75, 3.05) is 19.3 Å². The average molecular weight is 341 g/mol. The van der Waals surface area contributed by atoms with Crippen LogP contribution in [-0.2, 0) is 10.0 Å². The molecule has 2 heterocycles. The van der Waals surface area contributed by atoms with Gasteiger partial charge in [-0.15, -0.1) is 0 Å². The summed E-state index contributed by atoms with van der Waals surface area (Å²) >= 11 is 0. The average Bonchev–Trinajstić information content (AvgIpc) is 2.71. The molecule has 1 atom stereocenters. The van der Waals surface area contributed by atoms with Crippen molar-refractivity contribution in [1.82, 2.24) is 14.6 Å². The van der Waals surface area contributed by atoms with Gasteiger partial charge in [-0.25, -0.2) is 13.1 Å². The van der Waals surface area contributed by atoms with Crippen LogP contribution >= 0.6 is 0 Å². The third-order valence-corrected chi connectivity index (χ3v) is 4.85. The molecule has 0 aliphatic carbocycles. The van der Waals surface area contributed by atoms with E-state index in [0.29, 0.717) is 42.0 Å². The SMILES string of the molecule is CC(=O)c1c(C)[nH]c(C(=O)N2CCC[C@H](NS(C)(=O)=O)C2)c1C. The molecule has 0 aromatic carbocycles. The first-order chi connectivity index (χ1) is 10.6. The van der Waals surface area contributed by atoms with Crippen molar-refractivity contribution in [3.8, 4) is 0 Å². The number of likely N-dealkylation sites (tertiary alicyclic amines) is 1. The lowest BCUT2D eigenvalue weighted by Crippen LogP contribution is -2.49. The quantitative estimate of drug-likeness (QED) is 0.798. The zero-order valence-corrected chi connectivity index (χ0v) is 14.7. The van der Waals surface area contributed by atoms with Gasteiger partial charge in [0.05, 0.1) is 6.26 Å². The van der Waals surface area contributed by atoms with Crippen LogP contribution in [0.4, 0.5) is 0 Å². The summed E-state index contributed by atoms with van der Waals surface area (Å²) in [7, 11) is -3.30. The van der Waals surface area contributed by atoms with Crippen LogP contribution in [0.25, 0.3) is 0 Å². The van der Waals surface area contributed by atoms with Gasteiger partial charge in [-0.2, -0.15) is 0 Å². The van der Waals surface area contributed by atoms with Crippen LogP contribution in [0.5, 0.6) is 0 Å². The number of hydrogen-bond acceptors (Lipinski definition) is 4. The fourth-order valence-electron chi connectivity index (χ4n) is 3.21. The molecule has 1 aliphatic rings. The van der Waals surface area contributed by atoms with Crippen molar-refractivity contribution in [3.05, 3.63) is 22.5 Å². The first-order valence-corrected chi connectivity index (χ1v) is 9.46. The molecule has 8 heteroatoms. The van der Waals surface area contributed by atoms with Gasteiger partial charge in [-0.3, -0.25) is 9.59 Å². The lowest BCUT2D eigenvalue weighted by Gasteiger charge is -2.32. The molecule has 1 aliphatic heterocycles. The summed E-state index contributed by atoms with van der Waals surface area (Å²) in [6, 6.07) is -0.272. The predicted octanol–water partition coefficient (Wildman–Crippen LogP) is 0.988. The number of carbonyl (C=O) groups is 2. The number of ketones is 1. The summed E-state index contributed by atoms with van der Waals surface area (Å²) in [5, 5.41) is 0. The maximum atomic E-state index is 12.7. The number of carbonyl (C=O) groups excluding carboxylic acids is 2. The number of aryl methyl sites for hydroxylation is 1. The summed E-state index contributed by atoms with van der Waals surface area (Å²) in [4.78, 5) is 29.0. The molecule has 1 aromatic heterocycles. The second kappa shape index (κ2) is 6.45. The molecular formula is C15H23N3O4S. The third-order valence-electron chi connectivity index (χ3n) is 4.09. The van der Waals surface area contributed by atoms with Gasteiger partial charge in [-0.05, 0) is 39.2 Å². The standard InChI is InChI=1S/C15H23N3O4S/c1-9-13(11(3)19)10(2)16-14(9)15(20)18-7-5-6-12(8-18)17-23(4,21)22/h12,16-17H,5-8H2,1-4H3/t12-/m0/s1. The Morgan fingerprint density at radius 3 is 2.48 bits per heavy atom. The Bertz CT molecular complexity index is 736. The molecule has 0 radical (unpaired) electrons. The fraction of sp³-hybridized carbons (Fsp3) is 0.600. The molecule has 1 amide bonds. The molecule has 2 N–H and O–H groups in total. The van der Waals surface area contributed by atoms with Gasteiger partial charge < -0.3 is 9.88 Å². The van der Waals surface area contributed by atoms with E-state index in [-0.39, 0.29) is 17.7 Å². The number of sulfonamides is 1. The van der Waals surface area contributed by atoms with Gasteiger partial charge in [0, 0.05) is 30.4 Å². The van der Waals surface area contributed by atoms with Crippen molar-refractivity contribution in [2.45, 2.75) is 39.7 Å². The van der Waals surface area contributed by atoms with Crippen LogP contribution < -0.4 is 4.72 Å². The molecule has 1 fully saturated rings. The molecule has 0 spiro atoms. The van der Waals surface area contributed by atoms with Gasteiger partial charge in [0.25, 0.3) is 5.91 Å². The van der Waals surface area contributed by atoms with E-state index in [1.54, 1.807) is 18.7 Å². The smallest absolute Gasteiger partial charge is 0.270 e. The summed E-state index contributed by atoms with van der Waals surface area (Å²) in [6.07, 6.45) is 2.56. The summed E-state index contributed by atoms with van der Waals surface area (Å²) in [6.45, 7) is 5.91. The first-order valence-electron chi connectivity index (χ1n) is 7.57. The van der Waals surface area contributed by atoms with Crippen molar-refractivity contribution in [1.29, 1.82) is 0 Å². The van der Waals surface area contributed by atoms with Crippen LogP contribution in [0, 0.1) is 13.8 Å². The van der Waals surface area contributed by atoms with Crippen molar-refractivity contribution < 1.29 is 18.0 Å². The summed E-state index contributed by atoms with van der Waals surface area (Å²) < 4.78 is 25.3. The highest BCUT2D eigenvalue weighted by Crippen LogP contribution is 2.21. The molecular weight excluding hydrogens is 318 g/mol. The van der Waals surface area contributed by atoms with Gasteiger partial charge >= 0.3 is 0 Å². The van der Waals surface area contributed by atoms with E-state index < -0.39 is 10.0 Å². The summed E-state index contributed by atoms with van der Waals surface area (Å²) in [5.74, 6) is -0.274. The number of rotatable bonds is 4. The first kappa shape index (κ1) is 17.7. The number of aromatic nitrogens is 1. The monoisotopic (exact) mass is 341 g/mol. The molecule has 23 heavy (non-hydrogen) atoms. The molecule has 0 bridgehead atoms. The van der Waals surface area contributed by atoms with Crippen molar-refractivity contribution >= 4 is 21.7 Å². The van der Waals surface area contributed by atoms with Crippen LogP contribution in [0.15, 0.2) is 0 Å². The van der Waals surface area contributed by atoms with E-state index in [1.807, 2.05) is 0 Å². The summed E-state index contributed by atoms with van der Waals surface area (Å²) in [5.41, 5.74) is 2.29. The highest BCUT2D eigenvalue weighted by atomic mass is 32.2. The Labute approximate surface area is 136 Å². The van der Waals surface area contributed by atoms with E-state index in [9.17, 15) is 18.0 Å². The number of aromatic amines is 1. The van der Waals surface area contributed by atoms with Crippen molar-refractivity contribution in [2.24, 2.45) is 0 Å². The maximum Gasteiger partial charge on any atom is 0.270 e. The maximum absolute atomic E-state index is 12.7. The topological polar surface area (TPSA) is 99.3 Å². The Morgan fingerprint density at radius 2 is 1.96 bits per heavy atom. The Balaban J connectivity index is 2.20. The number of piperidine rings is 1. The highest BCUT2D eigenvalue weighted by Gasteiger charge is 2.29. The highest BCUT2D eigenvalue weighted by molar-refractivity contribution is 7.88. The second-order valence-electron chi connectivity index (χ2n) is 6.16. The largest absolute Gasteiger partial charge is 0.354 e. The minimum absolute atomic E-state index is 0.0782. The lowest BCUT2D eigenvalue weighted by atomic mass is 10.0. The van der Waals surface area contributed by atoms with E-state index in [0.717, 1.165) is 12.7 Å². The number of Topliss-reactive ketones (excluding diaryl/α,β-unsaturated/α-hetero) is 1. The molecule has 0 unspecified atom stereocenters.